The van der Waals surface area contributed by atoms with E-state index in [0.717, 1.165) is 10.7 Å². The van der Waals surface area contributed by atoms with Crippen molar-refractivity contribution in [3.63, 3.8) is 0 Å². The smallest absolute Gasteiger partial charge is 0.216 e. The number of nitrogens with zero attached hydrogens (tertiary/aromatic N) is 2. The Morgan fingerprint density at radius 1 is 1.62 bits per heavy atom. The Bertz CT molecular complexity index is 478. The summed E-state index contributed by atoms with van der Waals surface area (Å²) >= 11 is 6.68. The van der Waals surface area contributed by atoms with Crippen LogP contribution in [0.3, 0.4) is 0 Å². The lowest BCUT2D eigenvalue weighted by Gasteiger charge is -1.88. The standard InChI is InChI=1S/C8H9N3S2/c1-5-3-6(13-4-5)7-9-8(12)11(2)10-7/h3-4H,1-2H3,(H,9,10,12). The highest BCUT2D eigenvalue weighted by atomic mass is 32.1. The third kappa shape index (κ3) is 1.57. The molecule has 2 rings (SSSR count). The lowest BCUT2D eigenvalue weighted by Crippen LogP contribution is -1.88. The molecule has 0 saturated carbocycles. The highest BCUT2D eigenvalue weighted by Crippen LogP contribution is 2.23. The second-order valence-electron chi connectivity index (χ2n) is 2.90. The normalized spacial score (nSPS) is 10.6. The molecule has 0 aromatic carbocycles. The predicted octanol–water partition coefficient (Wildman–Crippen LogP) is 2.51. The zero-order valence-electron chi connectivity index (χ0n) is 7.37. The molecule has 0 bridgehead atoms. The molecule has 0 saturated heterocycles. The number of hydrogen-bond acceptors (Lipinski definition) is 3. The van der Waals surface area contributed by atoms with E-state index in [1.165, 1.54) is 5.56 Å². The van der Waals surface area contributed by atoms with E-state index in [-0.39, 0.29) is 0 Å². The summed E-state index contributed by atoms with van der Waals surface area (Å²) in [6.45, 7) is 2.07. The summed E-state index contributed by atoms with van der Waals surface area (Å²) in [5, 5.41) is 5.18. The summed E-state index contributed by atoms with van der Waals surface area (Å²) in [5.41, 5.74) is 1.25. The average molecular weight is 211 g/mol. The summed E-state index contributed by atoms with van der Waals surface area (Å²) in [5.74, 6) is 0.852. The highest BCUT2D eigenvalue weighted by molar-refractivity contribution is 7.71. The van der Waals surface area contributed by atoms with Crippen LogP contribution in [-0.4, -0.2) is 14.8 Å². The zero-order valence-corrected chi connectivity index (χ0v) is 9.00. The number of H-pyrrole nitrogens is 1. The molecule has 2 aromatic heterocycles. The van der Waals surface area contributed by atoms with E-state index in [0.29, 0.717) is 4.77 Å². The first-order valence-corrected chi connectivity index (χ1v) is 5.14. The van der Waals surface area contributed by atoms with Crippen molar-refractivity contribution < 1.29 is 0 Å². The quantitative estimate of drug-likeness (QED) is 0.735. The summed E-state index contributed by atoms with van der Waals surface area (Å²) in [6.07, 6.45) is 0. The van der Waals surface area contributed by atoms with Gasteiger partial charge in [-0.15, -0.1) is 11.3 Å². The molecule has 0 aliphatic carbocycles. The van der Waals surface area contributed by atoms with Crippen LogP contribution in [0.15, 0.2) is 11.4 Å². The van der Waals surface area contributed by atoms with E-state index in [4.69, 9.17) is 12.2 Å². The van der Waals surface area contributed by atoms with Crippen LogP contribution in [0.1, 0.15) is 5.56 Å². The molecule has 0 radical (unpaired) electrons. The summed E-state index contributed by atoms with van der Waals surface area (Å²) in [7, 11) is 1.86. The fourth-order valence-electron chi connectivity index (χ4n) is 1.07. The van der Waals surface area contributed by atoms with E-state index in [1.807, 2.05) is 7.05 Å². The second kappa shape index (κ2) is 3.08. The number of aryl methyl sites for hydroxylation is 2. The number of aromatic amines is 1. The van der Waals surface area contributed by atoms with Crippen molar-refractivity contribution in [2.24, 2.45) is 7.05 Å². The lowest BCUT2D eigenvalue weighted by molar-refractivity contribution is 0.756. The van der Waals surface area contributed by atoms with Crippen LogP contribution < -0.4 is 0 Å². The van der Waals surface area contributed by atoms with Gasteiger partial charge in [0.25, 0.3) is 0 Å². The van der Waals surface area contributed by atoms with Crippen LogP contribution in [0.2, 0.25) is 0 Å². The summed E-state index contributed by atoms with van der Waals surface area (Å²) < 4.78 is 2.32. The Morgan fingerprint density at radius 2 is 2.38 bits per heavy atom. The molecule has 13 heavy (non-hydrogen) atoms. The third-order valence-corrected chi connectivity index (χ3v) is 3.15. The minimum absolute atomic E-state index is 0.584. The van der Waals surface area contributed by atoms with Gasteiger partial charge in [0.05, 0.1) is 4.88 Å². The number of thiophene rings is 1. The molecular formula is C8H9N3S2. The van der Waals surface area contributed by atoms with Gasteiger partial charge in [0.15, 0.2) is 5.82 Å². The summed E-state index contributed by atoms with van der Waals surface area (Å²) in [6, 6.07) is 2.10. The molecule has 0 aliphatic rings. The molecule has 0 amide bonds. The Labute approximate surface area is 85.0 Å². The predicted molar refractivity (Wildman–Crippen MR) is 56.4 cm³/mol. The number of hydrogen-bond donors (Lipinski definition) is 1. The lowest BCUT2D eigenvalue weighted by atomic mass is 10.3. The van der Waals surface area contributed by atoms with E-state index >= 15 is 0 Å². The van der Waals surface area contributed by atoms with Gasteiger partial charge >= 0.3 is 0 Å². The van der Waals surface area contributed by atoms with E-state index < -0.39 is 0 Å². The molecule has 0 atom stereocenters. The van der Waals surface area contributed by atoms with Crippen LogP contribution in [0.5, 0.6) is 0 Å². The largest absolute Gasteiger partial charge is 0.279 e. The molecule has 2 aromatic rings. The van der Waals surface area contributed by atoms with Crippen molar-refractivity contribution in [3.05, 3.63) is 21.8 Å². The molecule has 0 spiro atoms. The van der Waals surface area contributed by atoms with E-state index in [2.05, 4.69) is 28.5 Å². The van der Waals surface area contributed by atoms with Crippen LogP contribution in [0.25, 0.3) is 10.7 Å². The number of aromatic nitrogens is 3. The minimum Gasteiger partial charge on any atom is -0.279 e. The molecule has 2 heterocycles. The second-order valence-corrected chi connectivity index (χ2v) is 4.18. The van der Waals surface area contributed by atoms with E-state index in [9.17, 15) is 0 Å². The van der Waals surface area contributed by atoms with Crippen LogP contribution >= 0.6 is 23.6 Å². The van der Waals surface area contributed by atoms with Gasteiger partial charge < -0.3 is 0 Å². The monoisotopic (exact) mass is 211 g/mol. The van der Waals surface area contributed by atoms with Crippen molar-refractivity contribution in [1.82, 2.24) is 14.8 Å². The number of rotatable bonds is 1. The molecular weight excluding hydrogens is 202 g/mol. The van der Waals surface area contributed by atoms with Gasteiger partial charge in [0.2, 0.25) is 4.77 Å². The van der Waals surface area contributed by atoms with Crippen LogP contribution in [0.4, 0.5) is 0 Å². The maximum atomic E-state index is 5.01. The average Bonchev–Trinajstić information content (AvgIpc) is 2.61. The van der Waals surface area contributed by atoms with Crippen molar-refractivity contribution in [1.29, 1.82) is 0 Å². The molecule has 1 N–H and O–H groups in total. The van der Waals surface area contributed by atoms with Gasteiger partial charge in [-0.3, -0.25) is 9.78 Å². The maximum absolute atomic E-state index is 5.01. The molecule has 0 unspecified atom stereocenters. The van der Waals surface area contributed by atoms with Crippen LogP contribution in [-0.2, 0) is 7.05 Å². The first kappa shape index (κ1) is 8.65. The molecule has 3 nitrogen and oxygen atoms in total. The van der Waals surface area contributed by atoms with Crippen molar-refractivity contribution in [2.75, 3.05) is 0 Å². The molecule has 5 heteroatoms. The van der Waals surface area contributed by atoms with Gasteiger partial charge in [-0.2, -0.15) is 4.98 Å². The van der Waals surface area contributed by atoms with Crippen molar-refractivity contribution in [2.45, 2.75) is 6.92 Å². The third-order valence-electron chi connectivity index (χ3n) is 1.73. The van der Waals surface area contributed by atoms with Gasteiger partial charge in [0, 0.05) is 7.05 Å². The van der Waals surface area contributed by atoms with Crippen molar-refractivity contribution in [3.8, 4) is 10.7 Å². The minimum atomic E-state index is 0.584. The van der Waals surface area contributed by atoms with Gasteiger partial charge in [-0.25, -0.2) is 0 Å². The Hall–Kier alpha value is -0.940. The Morgan fingerprint density at radius 3 is 2.85 bits per heavy atom. The first-order chi connectivity index (χ1) is 6.16. The topological polar surface area (TPSA) is 33.6 Å². The molecule has 0 aliphatic heterocycles. The van der Waals surface area contributed by atoms with E-state index in [1.54, 1.807) is 16.0 Å². The molecule has 68 valence electrons. The fraction of sp³-hybridized carbons (Fsp3) is 0.250. The SMILES string of the molecule is Cc1csc(-c2nc(=S)n(C)[nH]2)c1. The molecule has 0 fully saturated rings. The zero-order chi connectivity index (χ0) is 9.42. The van der Waals surface area contributed by atoms with Gasteiger partial charge in [0.1, 0.15) is 0 Å². The highest BCUT2D eigenvalue weighted by Gasteiger charge is 2.04. The fourth-order valence-corrected chi connectivity index (χ4v) is 2.04. The number of nitrogens with one attached hydrogen (secondary N) is 1. The first-order valence-electron chi connectivity index (χ1n) is 3.85. The Balaban J connectivity index is 2.52. The van der Waals surface area contributed by atoms with Gasteiger partial charge in [-0.05, 0) is 36.2 Å². The van der Waals surface area contributed by atoms with Crippen LogP contribution in [0, 0.1) is 11.7 Å². The Kier molecular flexibility index (Phi) is 2.05. The summed E-state index contributed by atoms with van der Waals surface area (Å²) in [4.78, 5) is 5.36. The van der Waals surface area contributed by atoms with Crippen molar-refractivity contribution >= 4 is 23.6 Å². The maximum Gasteiger partial charge on any atom is 0.216 e. The van der Waals surface area contributed by atoms with Gasteiger partial charge in [-0.1, -0.05) is 0 Å².